The number of fused-ring (bicyclic) bond motifs is 1. The molecule has 0 bridgehead atoms. The van der Waals surface area contributed by atoms with Crippen molar-refractivity contribution in [2.45, 2.75) is 19.6 Å². The lowest BCUT2D eigenvalue weighted by molar-refractivity contribution is 0.0341. The molecule has 0 unspecified atom stereocenters. The standard InChI is InChI=1S/C26H25F2N5O2/c27-22-6-5-21-20(13-24(34)31-26(21)25(22)28)17-33(23-14-29-7-8-30-23)16-19-4-2-1-3-18(19)15-32-9-11-35-12-10-32/h1-8,13-14H,9-12,15-17H2,(H,31,34). The second-order valence-electron chi connectivity index (χ2n) is 8.52. The van der Waals surface area contributed by atoms with Crippen molar-refractivity contribution in [3.05, 3.63) is 99.7 Å². The molecule has 0 amide bonds. The third-order valence-corrected chi connectivity index (χ3v) is 6.21. The first-order chi connectivity index (χ1) is 17.1. The van der Waals surface area contributed by atoms with E-state index in [0.29, 0.717) is 23.3 Å². The van der Waals surface area contributed by atoms with Gasteiger partial charge in [-0.25, -0.2) is 13.8 Å². The van der Waals surface area contributed by atoms with Gasteiger partial charge in [-0.1, -0.05) is 24.3 Å². The Balaban J connectivity index is 1.50. The molecule has 0 aliphatic carbocycles. The number of nitrogens with one attached hydrogen (secondary N) is 1. The van der Waals surface area contributed by atoms with E-state index in [0.717, 1.165) is 44.5 Å². The molecule has 1 saturated heterocycles. The Hall–Kier alpha value is -3.69. The Bertz CT molecular complexity index is 1370. The number of aromatic nitrogens is 3. The molecule has 1 aliphatic rings. The van der Waals surface area contributed by atoms with Crippen LogP contribution in [0.1, 0.15) is 16.7 Å². The topological polar surface area (TPSA) is 74.3 Å². The third-order valence-electron chi connectivity index (χ3n) is 6.21. The first-order valence-corrected chi connectivity index (χ1v) is 11.5. The lowest BCUT2D eigenvalue weighted by Gasteiger charge is -2.29. The molecule has 0 spiro atoms. The third kappa shape index (κ3) is 5.21. The monoisotopic (exact) mass is 477 g/mol. The molecule has 3 heterocycles. The summed E-state index contributed by atoms with van der Waals surface area (Å²) in [4.78, 5) is 27.8. The second kappa shape index (κ2) is 10.3. The van der Waals surface area contributed by atoms with Gasteiger partial charge in [-0.3, -0.25) is 14.7 Å². The number of pyridine rings is 1. The van der Waals surface area contributed by atoms with Gasteiger partial charge < -0.3 is 14.6 Å². The van der Waals surface area contributed by atoms with Crippen molar-refractivity contribution in [1.82, 2.24) is 19.9 Å². The van der Waals surface area contributed by atoms with E-state index in [1.165, 1.54) is 17.7 Å². The predicted molar refractivity (Wildman–Crippen MR) is 129 cm³/mol. The number of aromatic amines is 1. The number of nitrogens with zero attached hydrogens (tertiary/aromatic N) is 4. The van der Waals surface area contributed by atoms with Crippen molar-refractivity contribution in [2.75, 3.05) is 31.2 Å². The lowest BCUT2D eigenvalue weighted by Crippen LogP contribution is -2.36. The molecule has 0 saturated carbocycles. The van der Waals surface area contributed by atoms with Gasteiger partial charge in [0.25, 0.3) is 0 Å². The number of halogens is 2. The van der Waals surface area contributed by atoms with E-state index in [1.54, 1.807) is 18.6 Å². The summed E-state index contributed by atoms with van der Waals surface area (Å²) in [5.41, 5.74) is 2.23. The Morgan fingerprint density at radius 2 is 1.77 bits per heavy atom. The summed E-state index contributed by atoms with van der Waals surface area (Å²) in [7, 11) is 0. The molecular weight excluding hydrogens is 452 g/mol. The Morgan fingerprint density at radius 1 is 1.00 bits per heavy atom. The Labute approximate surface area is 201 Å². The summed E-state index contributed by atoms with van der Waals surface area (Å²) in [6.45, 7) is 4.76. The maximum absolute atomic E-state index is 14.4. The minimum atomic E-state index is -1.07. The van der Waals surface area contributed by atoms with Crippen LogP contribution in [0.2, 0.25) is 0 Å². The first-order valence-electron chi connectivity index (χ1n) is 11.5. The zero-order valence-corrected chi connectivity index (χ0v) is 19.1. The molecule has 4 aromatic rings. The van der Waals surface area contributed by atoms with Gasteiger partial charge in [0.1, 0.15) is 5.82 Å². The van der Waals surface area contributed by atoms with Crippen LogP contribution in [0.3, 0.4) is 0 Å². The van der Waals surface area contributed by atoms with Crippen molar-refractivity contribution < 1.29 is 13.5 Å². The molecule has 2 aromatic carbocycles. The summed E-state index contributed by atoms with van der Waals surface area (Å²) in [5, 5.41) is 0.444. The number of hydrogen-bond donors (Lipinski definition) is 1. The van der Waals surface area contributed by atoms with Gasteiger partial charge in [0.05, 0.1) is 24.9 Å². The molecule has 1 aliphatic heterocycles. The molecule has 0 radical (unpaired) electrons. The zero-order valence-electron chi connectivity index (χ0n) is 19.1. The largest absolute Gasteiger partial charge is 0.379 e. The van der Waals surface area contributed by atoms with Crippen molar-refractivity contribution in [3.63, 3.8) is 0 Å². The van der Waals surface area contributed by atoms with Gasteiger partial charge in [-0.2, -0.15) is 0 Å². The zero-order chi connectivity index (χ0) is 24.2. The number of rotatable bonds is 7. The molecule has 1 fully saturated rings. The minimum absolute atomic E-state index is 0.140. The summed E-state index contributed by atoms with van der Waals surface area (Å²) in [6, 6.07) is 12.2. The maximum atomic E-state index is 14.4. The molecule has 9 heteroatoms. The van der Waals surface area contributed by atoms with Crippen LogP contribution in [-0.2, 0) is 24.4 Å². The number of benzene rings is 2. The van der Waals surface area contributed by atoms with Gasteiger partial charge in [-0.05, 0) is 28.8 Å². The van der Waals surface area contributed by atoms with E-state index in [9.17, 15) is 13.6 Å². The van der Waals surface area contributed by atoms with Crippen LogP contribution in [0.5, 0.6) is 0 Å². The highest BCUT2D eigenvalue weighted by molar-refractivity contribution is 5.82. The van der Waals surface area contributed by atoms with E-state index in [2.05, 4.69) is 32.0 Å². The quantitative estimate of drug-likeness (QED) is 0.438. The summed E-state index contributed by atoms with van der Waals surface area (Å²) in [6.07, 6.45) is 4.85. The Kier molecular flexibility index (Phi) is 6.78. The van der Waals surface area contributed by atoms with Gasteiger partial charge in [0.2, 0.25) is 5.56 Å². The normalized spacial score (nSPS) is 14.3. The fourth-order valence-electron chi connectivity index (χ4n) is 4.42. The van der Waals surface area contributed by atoms with Crippen molar-refractivity contribution in [3.8, 4) is 0 Å². The number of ether oxygens (including phenoxy) is 1. The average molecular weight is 478 g/mol. The van der Waals surface area contributed by atoms with E-state index in [-0.39, 0.29) is 12.1 Å². The molecule has 7 nitrogen and oxygen atoms in total. The highest BCUT2D eigenvalue weighted by atomic mass is 19.2. The minimum Gasteiger partial charge on any atom is -0.379 e. The van der Waals surface area contributed by atoms with Crippen LogP contribution in [0.4, 0.5) is 14.6 Å². The fraction of sp³-hybridized carbons (Fsp3) is 0.269. The number of anilines is 1. The van der Waals surface area contributed by atoms with Crippen LogP contribution < -0.4 is 10.5 Å². The molecule has 35 heavy (non-hydrogen) atoms. The SMILES string of the molecule is O=c1cc(CN(Cc2ccccc2CN2CCOCC2)c2cnccn2)c2ccc(F)c(F)c2[nH]1. The van der Waals surface area contributed by atoms with Crippen LogP contribution in [0.15, 0.2) is 65.8 Å². The van der Waals surface area contributed by atoms with Crippen LogP contribution >= 0.6 is 0 Å². The maximum Gasteiger partial charge on any atom is 0.248 e. The average Bonchev–Trinajstić information content (AvgIpc) is 2.88. The highest BCUT2D eigenvalue weighted by Gasteiger charge is 2.18. The van der Waals surface area contributed by atoms with Gasteiger partial charge >= 0.3 is 0 Å². The first kappa shape index (κ1) is 23.1. The van der Waals surface area contributed by atoms with Gasteiger partial charge in [0, 0.05) is 56.6 Å². The lowest BCUT2D eigenvalue weighted by atomic mass is 10.0. The molecule has 2 aromatic heterocycles. The predicted octanol–water partition coefficient (Wildman–Crippen LogP) is 3.64. The fourth-order valence-corrected chi connectivity index (χ4v) is 4.42. The number of H-pyrrole nitrogens is 1. The summed E-state index contributed by atoms with van der Waals surface area (Å²) >= 11 is 0. The van der Waals surface area contributed by atoms with Crippen molar-refractivity contribution in [2.24, 2.45) is 0 Å². The number of morpholine rings is 1. The molecule has 1 N–H and O–H groups in total. The smallest absolute Gasteiger partial charge is 0.248 e. The number of hydrogen-bond acceptors (Lipinski definition) is 6. The van der Waals surface area contributed by atoms with Crippen LogP contribution in [0, 0.1) is 11.6 Å². The van der Waals surface area contributed by atoms with Crippen LogP contribution in [0.25, 0.3) is 10.9 Å². The van der Waals surface area contributed by atoms with E-state index < -0.39 is 17.2 Å². The van der Waals surface area contributed by atoms with Gasteiger partial charge in [-0.15, -0.1) is 0 Å². The van der Waals surface area contributed by atoms with E-state index in [1.807, 2.05) is 17.0 Å². The molecule has 5 rings (SSSR count). The molecule has 0 atom stereocenters. The van der Waals surface area contributed by atoms with E-state index in [4.69, 9.17) is 4.74 Å². The summed E-state index contributed by atoms with van der Waals surface area (Å²) in [5.74, 6) is -1.46. The van der Waals surface area contributed by atoms with Crippen molar-refractivity contribution >= 4 is 16.7 Å². The van der Waals surface area contributed by atoms with E-state index >= 15 is 0 Å². The molecule has 180 valence electrons. The Morgan fingerprint density at radius 3 is 2.54 bits per heavy atom. The van der Waals surface area contributed by atoms with Crippen LogP contribution in [-0.4, -0.2) is 46.2 Å². The summed E-state index contributed by atoms with van der Waals surface area (Å²) < 4.78 is 33.7. The van der Waals surface area contributed by atoms with Gasteiger partial charge in [0.15, 0.2) is 11.6 Å². The highest BCUT2D eigenvalue weighted by Crippen LogP contribution is 2.25. The van der Waals surface area contributed by atoms with Crippen molar-refractivity contribution in [1.29, 1.82) is 0 Å². The molecular formula is C26H25F2N5O2. The second-order valence-corrected chi connectivity index (χ2v) is 8.52.